The Kier molecular flexibility index (Phi) is 3.31. The lowest BCUT2D eigenvalue weighted by atomic mass is 10.3. The van der Waals surface area contributed by atoms with Gasteiger partial charge in [-0.15, -0.1) is 0 Å². The third-order valence-electron chi connectivity index (χ3n) is 1.62. The van der Waals surface area contributed by atoms with E-state index in [4.69, 9.17) is 0 Å². The van der Waals surface area contributed by atoms with Crippen LogP contribution in [0.5, 0.6) is 5.75 Å². The number of benzene rings is 1. The van der Waals surface area contributed by atoms with Crippen molar-refractivity contribution in [3.63, 3.8) is 0 Å². The molecule has 6 heteroatoms. The molecule has 5 nitrogen and oxygen atoms in total. The molecular weight excluding hydrogens is 220 g/mol. The molecule has 0 aliphatic heterocycles. The molecule has 0 radical (unpaired) electrons. The smallest absolute Gasteiger partial charge is 0.437 e. The van der Waals surface area contributed by atoms with Gasteiger partial charge in [0.2, 0.25) is 0 Å². The van der Waals surface area contributed by atoms with Crippen molar-refractivity contribution in [2.24, 2.45) is 0 Å². The van der Waals surface area contributed by atoms with Crippen molar-refractivity contribution in [3.05, 3.63) is 24.3 Å². The van der Waals surface area contributed by atoms with Crippen LogP contribution in [0.1, 0.15) is 0 Å². The summed E-state index contributed by atoms with van der Waals surface area (Å²) in [6, 6.07) is 5.47. The van der Waals surface area contributed by atoms with Gasteiger partial charge in [0.15, 0.2) is 9.84 Å². The SMILES string of the molecule is COC(=O)Oc1ccc(S(C)(=O)=O)cc1. The molecule has 0 saturated heterocycles. The van der Waals surface area contributed by atoms with Crippen LogP contribution in [0.4, 0.5) is 4.79 Å². The van der Waals surface area contributed by atoms with E-state index in [1.165, 1.54) is 31.4 Å². The standard InChI is InChI=1S/C9H10O5S/c1-13-9(10)14-7-3-5-8(6-4-7)15(2,11)12/h3-6H,1-2H3. The Labute approximate surface area is 87.5 Å². The van der Waals surface area contributed by atoms with E-state index in [1.807, 2.05) is 0 Å². The minimum Gasteiger partial charge on any atom is -0.437 e. The maximum atomic E-state index is 11.1. The summed E-state index contributed by atoms with van der Waals surface area (Å²) in [7, 11) is -2.04. The van der Waals surface area contributed by atoms with Crippen molar-refractivity contribution in [1.29, 1.82) is 0 Å². The third kappa shape index (κ3) is 3.25. The molecule has 0 fully saturated rings. The zero-order chi connectivity index (χ0) is 11.5. The predicted octanol–water partition coefficient (Wildman–Crippen LogP) is 1.24. The molecule has 0 spiro atoms. The van der Waals surface area contributed by atoms with Crippen LogP contribution >= 0.6 is 0 Å². The number of carbonyl (C=O) groups excluding carboxylic acids is 1. The van der Waals surface area contributed by atoms with Crippen LogP contribution in [0.2, 0.25) is 0 Å². The van der Waals surface area contributed by atoms with Crippen molar-refractivity contribution in [2.75, 3.05) is 13.4 Å². The first-order chi connectivity index (χ1) is 6.93. The molecule has 1 aromatic carbocycles. The van der Waals surface area contributed by atoms with E-state index in [-0.39, 0.29) is 10.6 Å². The van der Waals surface area contributed by atoms with Gasteiger partial charge in [-0.2, -0.15) is 0 Å². The number of ether oxygens (including phenoxy) is 2. The van der Waals surface area contributed by atoms with E-state index in [9.17, 15) is 13.2 Å². The number of rotatable bonds is 2. The molecule has 1 aromatic rings. The summed E-state index contributed by atoms with van der Waals surface area (Å²) in [5.74, 6) is 0.231. The molecule has 0 heterocycles. The maximum absolute atomic E-state index is 11.1. The second-order valence-electron chi connectivity index (χ2n) is 2.80. The van der Waals surface area contributed by atoms with Crippen LogP contribution < -0.4 is 4.74 Å². The van der Waals surface area contributed by atoms with Gasteiger partial charge in [-0.1, -0.05) is 0 Å². The highest BCUT2D eigenvalue weighted by molar-refractivity contribution is 7.90. The van der Waals surface area contributed by atoms with Crippen LogP contribution in [0.25, 0.3) is 0 Å². The van der Waals surface area contributed by atoms with Crippen molar-refractivity contribution < 1.29 is 22.7 Å². The Morgan fingerprint density at radius 1 is 1.20 bits per heavy atom. The molecule has 0 unspecified atom stereocenters. The van der Waals surface area contributed by atoms with Gasteiger partial charge >= 0.3 is 6.16 Å². The Hall–Kier alpha value is -1.56. The second-order valence-corrected chi connectivity index (χ2v) is 4.82. The fraction of sp³-hybridized carbons (Fsp3) is 0.222. The van der Waals surface area contributed by atoms with E-state index in [2.05, 4.69) is 9.47 Å². The number of hydrogen-bond donors (Lipinski definition) is 0. The van der Waals surface area contributed by atoms with Crippen LogP contribution in [0.3, 0.4) is 0 Å². The van der Waals surface area contributed by atoms with E-state index in [1.54, 1.807) is 0 Å². The first kappa shape index (κ1) is 11.5. The van der Waals surface area contributed by atoms with Crippen molar-refractivity contribution in [1.82, 2.24) is 0 Å². The fourth-order valence-electron chi connectivity index (χ4n) is 0.893. The highest BCUT2D eigenvalue weighted by Crippen LogP contribution is 2.15. The zero-order valence-corrected chi connectivity index (χ0v) is 9.08. The quantitative estimate of drug-likeness (QED) is 0.564. The number of carbonyl (C=O) groups is 1. The number of sulfone groups is 1. The Morgan fingerprint density at radius 3 is 2.13 bits per heavy atom. The van der Waals surface area contributed by atoms with Gasteiger partial charge in [0, 0.05) is 6.26 Å². The lowest BCUT2D eigenvalue weighted by Gasteiger charge is -2.02. The van der Waals surface area contributed by atoms with Gasteiger partial charge < -0.3 is 9.47 Å². The molecule has 0 amide bonds. The highest BCUT2D eigenvalue weighted by atomic mass is 32.2. The van der Waals surface area contributed by atoms with E-state index < -0.39 is 16.0 Å². The summed E-state index contributed by atoms with van der Waals surface area (Å²) in [5, 5.41) is 0. The summed E-state index contributed by atoms with van der Waals surface area (Å²) in [6.45, 7) is 0. The Morgan fingerprint density at radius 2 is 1.73 bits per heavy atom. The largest absolute Gasteiger partial charge is 0.513 e. The molecule has 0 atom stereocenters. The lowest BCUT2D eigenvalue weighted by Crippen LogP contribution is -2.07. The molecule has 82 valence electrons. The Balaban J connectivity index is 2.86. The molecule has 0 saturated carbocycles. The van der Waals surface area contributed by atoms with E-state index in [0.717, 1.165) is 6.26 Å². The summed E-state index contributed by atoms with van der Waals surface area (Å²) < 4.78 is 31.1. The second kappa shape index (κ2) is 4.31. The number of hydrogen-bond acceptors (Lipinski definition) is 5. The Bertz CT molecular complexity index is 446. The van der Waals surface area contributed by atoms with Crippen LogP contribution in [0.15, 0.2) is 29.2 Å². The van der Waals surface area contributed by atoms with Crippen LogP contribution in [-0.2, 0) is 14.6 Å². The third-order valence-corrected chi connectivity index (χ3v) is 2.75. The normalized spacial score (nSPS) is 10.8. The van der Waals surface area contributed by atoms with Gasteiger partial charge in [-0.25, -0.2) is 13.2 Å². The summed E-state index contributed by atoms with van der Waals surface area (Å²) in [5.41, 5.74) is 0. The summed E-state index contributed by atoms with van der Waals surface area (Å²) >= 11 is 0. The minimum atomic E-state index is -3.23. The van der Waals surface area contributed by atoms with Crippen molar-refractivity contribution >= 4 is 16.0 Å². The lowest BCUT2D eigenvalue weighted by molar-refractivity contribution is 0.121. The molecule has 0 aromatic heterocycles. The molecular formula is C9H10O5S. The average molecular weight is 230 g/mol. The van der Waals surface area contributed by atoms with Crippen molar-refractivity contribution in [3.8, 4) is 5.75 Å². The monoisotopic (exact) mass is 230 g/mol. The topological polar surface area (TPSA) is 69.7 Å². The average Bonchev–Trinajstić information content (AvgIpc) is 2.17. The summed E-state index contributed by atoms with van der Waals surface area (Å²) in [4.78, 5) is 10.9. The number of methoxy groups -OCH3 is 1. The predicted molar refractivity (Wildman–Crippen MR) is 52.6 cm³/mol. The molecule has 0 aliphatic carbocycles. The highest BCUT2D eigenvalue weighted by Gasteiger charge is 2.08. The van der Waals surface area contributed by atoms with E-state index in [0.29, 0.717) is 0 Å². The zero-order valence-electron chi connectivity index (χ0n) is 8.26. The van der Waals surface area contributed by atoms with Crippen LogP contribution in [-0.4, -0.2) is 27.9 Å². The molecule has 0 aliphatic rings. The molecule has 0 bridgehead atoms. The van der Waals surface area contributed by atoms with Crippen LogP contribution in [0, 0.1) is 0 Å². The maximum Gasteiger partial charge on any atom is 0.513 e. The first-order valence-corrected chi connectivity index (χ1v) is 5.88. The van der Waals surface area contributed by atoms with Gasteiger partial charge in [0.1, 0.15) is 5.75 Å². The molecule has 15 heavy (non-hydrogen) atoms. The molecule has 0 N–H and O–H groups in total. The van der Waals surface area contributed by atoms with Gasteiger partial charge in [-0.05, 0) is 24.3 Å². The summed E-state index contributed by atoms with van der Waals surface area (Å²) in [6.07, 6.45) is 0.255. The fourth-order valence-corrected chi connectivity index (χ4v) is 1.52. The molecule has 1 rings (SSSR count). The van der Waals surface area contributed by atoms with Gasteiger partial charge in [0.25, 0.3) is 0 Å². The minimum absolute atomic E-state index is 0.166. The van der Waals surface area contributed by atoms with Gasteiger partial charge in [-0.3, -0.25) is 0 Å². The van der Waals surface area contributed by atoms with E-state index >= 15 is 0 Å². The first-order valence-electron chi connectivity index (χ1n) is 3.99. The van der Waals surface area contributed by atoms with Crippen molar-refractivity contribution in [2.45, 2.75) is 4.90 Å². The van der Waals surface area contributed by atoms with Gasteiger partial charge in [0.05, 0.1) is 12.0 Å².